The van der Waals surface area contributed by atoms with Crippen LogP contribution in [-0.2, 0) is 0 Å². The lowest BCUT2D eigenvalue weighted by Gasteiger charge is -2.04. The van der Waals surface area contributed by atoms with E-state index in [9.17, 15) is 19.2 Å². The molecule has 0 bridgehead atoms. The van der Waals surface area contributed by atoms with Gasteiger partial charge in [0.15, 0.2) is 23.1 Å². The molecule has 0 saturated heterocycles. The Labute approximate surface area is 151 Å². The van der Waals surface area contributed by atoms with E-state index >= 15 is 0 Å². The molecule has 132 valence electrons. The average Bonchev–Trinajstić information content (AvgIpc) is 2.59. The predicted molar refractivity (Wildman–Crippen MR) is 97.1 cm³/mol. The number of carbonyl (C=O) groups is 4. The summed E-state index contributed by atoms with van der Waals surface area (Å²) >= 11 is 0. The molecule has 0 aliphatic rings. The zero-order valence-corrected chi connectivity index (χ0v) is 15.0. The molecule has 26 heavy (non-hydrogen) atoms. The minimum Gasteiger partial charge on any atom is -0.295 e. The maximum absolute atomic E-state index is 11.6. The van der Waals surface area contributed by atoms with Gasteiger partial charge < -0.3 is 0 Å². The van der Waals surface area contributed by atoms with Gasteiger partial charge >= 0.3 is 0 Å². The third kappa shape index (κ3) is 4.63. The van der Waals surface area contributed by atoms with Crippen LogP contribution in [-0.4, -0.2) is 23.1 Å². The molecule has 0 aliphatic carbocycles. The minimum absolute atomic E-state index is 0.193. The van der Waals surface area contributed by atoms with Crippen molar-refractivity contribution in [3.8, 4) is 0 Å². The molecular formula is C20H18N2O4. The first-order valence-corrected chi connectivity index (χ1v) is 7.93. The molecule has 0 spiro atoms. The number of azo groups is 1. The van der Waals surface area contributed by atoms with Crippen molar-refractivity contribution in [3.05, 3.63) is 58.7 Å². The third-order valence-electron chi connectivity index (χ3n) is 3.74. The van der Waals surface area contributed by atoms with E-state index in [-0.39, 0.29) is 23.1 Å². The molecule has 0 atom stereocenters. The molecule has 2 aromatic carbocycles. The maximum Gasteiger partial charge on any atom is 0.159 e. The van der Waals surface area contributed by atoms with Gasteiger partial charge in [0.05, 0.1) is 11.4 Å². The van der Waals surface area contributed by atoms with Crippen LogP contribution in [0.4, 0.5) is 11.4 Å². The van der Waals surface area contributed by atoms with Gasteiger partial charge in [0.1, 0.15) is 0 Å². The van der Waals surface area contributed by atoms with Gasteiger partial charge in [-0.05, 0) is 64.1 Å². The van der Waals surface area contributed by atoms with Gasteiger partial charge in [0.2, 0.25) is 0 Å². The lowest BCUT2D eigenvalue weighted by molar-refractivity contribution is 0.0998. The Morgan fingerprint density at radius 2 is 0.731 bits per heavy atom. The number of carbonyl (C=O) groups excluding carboxylic acids is 4. The molecule has 0 radical (unpaired) electrons. The van der Waals surface area contributed by atoms with Crippen LogP contribution in [0.5, 0.6) is 0 Å². The highest BCUT2D eigenvalue weighted by Gasteiger charge is 2.09. The summed E-state index contributed by atoms with van der Waals surface area (Å²) in [7, 11) is 0. The van der Waals surface area contributed by atoms with E-state index in [1.807, 2.05) is 0 Å². The van der Waals surface area contributed by atoms with Crippen molar-refractivity contribution in [1.82, 2.24) is 0 Å². The maximum atomic E-state index is 11.6. The monoisotopic (exact) mass is 350 g/mol. The summed E-state index contributed by atoms with van der Waals surface area (Å²) in [4.78, 5) is 46.5. The summed E-state index contributed by atoms with van der Waals surface area (Å²) in [6.45, 7) is 5.59. The van der Waals surface area contributed by atoms with Crippen molar-refractivity contribution in [2.75, 3.05) is 0 Å². The van der Waals surface area contributed by atoms with Crippen molar-refractivity contribution < 1.29 is 19.2 Å². The van der Waals surface area contributed by atoms with Crippen molar-refractivity contribution in [2.24, 2.45) is 10.2 Å². The second-order valence-electron chi connectivity index (χ2n) is 5.96. The molecule has 2 aromatic rings. The van der Waals surface area contributed by atoms with Gasteiger partial charge in [0, 0.05) is 22.3 Å². The smallest absolute Gasteiger partial charge is 0.159 e. The van der Waals surface area contributed by atoms with Gasteiger partial charge in [0.25, 0.3) is 0 Å². The normalized spacial score (nSPS) is 10.8. The largest absolute Gasteiger partial charge is 0.295 e. The first-order valence-electron chi connectivity index (χ1n) is 7.93. The standard InChI is InChI=1S/C20H18N2O4/c1-11(23)15-5-16(12(2)24)8-19(7-15)21-22-20-9-17(13(3)25)6-18(10-20)14(4)26/h5-10H,1-4H3. The van der Waals surface area contributed by atoms with E-state index in [0.29, 0.717) is 33.6 Å². The van der Waals surface area contributed by atoms with Crippen LogP contribution < -0.4 is 0 Å². The molecular weight excluding hydrogens is 332 g/mol. The van der Waals surface area contributed by atoms with Gasteiger partial charge in [-0.15, -0.1) is 0 Å². The van der Waals surface area contributed by atoms with E-state index in [1.54, 1.807) is 0 Å². The SMILES string of the molecule is CC(=O)c1cc(N=Nc2cc(C(C)=O)cc(C(C)=O)c2)cc(C(C)=O)c1. The fourth-order valence-electron chi connectivity index (χ4n) is 2.27. The number of nitrogens with zero attached hydrogens (tertiary/aromatic N) is 2. The molecule has 0 unspecified atom stereocenters. The summed E-state index contributed by atoms with van der Waals surface area (Å²) in [6.07, 6.45) is 0. The summed E-state index contributed by atoms with van der Waals surface area (Å²) in [5.41, 5.74) is 2.09. The van der Waals surface area contributed by atoms with Crippen LogP contribution in [0.1, 0.15) is 69.1 Å². The second kappa shape index (κ2) is 7.74. The molecule has 2 rings (SSSR count). The molecule has 6 nitrogen and oxygen atoms in total. The minimum atomic E-state index is -0.193. The van der Waals surface area contributed by atoms with Gasteiger partial charge in [-0.1, -0.05) is 0 Å². The van der Waals surface area contributed by atoms with Crippen molar-refractivity contribution in [1.29, 1.82) is 0 Å². The summed E-state index contributed by atoms with van der Waals surface area (Å²) in [5, 5.41) is 8.12. The molecule has 0 aliphatic heterocycles. The molecule has 0 N–H and O–H groups in total. The van der Waals surface area contributed by atoms with E-state index in [1.165, 1.54) is 64.1 Å². The first kappa shape index (κ1) is 19.1. The lowest BCUT2D eigenvalue weighted by atomic mass is 10.0. The van der Waals surface area contributed by atoms with Crippen LogP contribution in [0, 0.1) is 0 Å². The Bertz CT molecular complexity index is 816. The zero-order chi connectivity index (χ0) is 19.4. The number of ketones is 4. The topological polar surface area (TPSA) is 93.0 Å². The van der Waals surface area contributed by atoms with Crippen molar-refractivity contribution in [3.63, 3.8) is 0 Å². The predicted octanol–water partition coefficient (Wildman–Crippen LogP) is 4.91. The van der Waals surface area contributed by atoms with Crippen LogP contribution in [0.25, 0.3) is 0 Å². The molecule has 0 fully saturated rings. The second-order valence-corrected chi connectivity index (χ2v) is 5.96. The van der Waals surface area contributed by atoms with E-state index in [4.69, 9.17) is 0 Å². The fraction of sp³-hybridized carbons (Fsp3) is 0.200. The number of benzene rings is 2. The van der Waals surface area contributed by atoms with Crippen LogP contribution in [0.2, 0.25) is 0 Å². The number of hydrogen-bond acceptors (Lipinski definition) is 6. The number of Topliss-reactive ketones (excluding diaryl/α,β-unsaturated/α-hetero) is 4. The Morgan fingerprint density at radius 1 is 0.500 bits per heavy atom. The first-order chi connectivity index (χ1) is 12.2. The van der Waals surface area contributed by atoms with Crippen LogP contribution in [0.3, 0.4) is 0 Å². The Balaban J connectivity index is 2.49. The van der Waals surface area contributed by atoms with Crippen molar-refractivity contribution >= 4 is 34.5 Å². The van der Waals surface area contributed by atoms with E-state index in [0.717, 1.165) is 0 Å². The van der Waals surface area contributed by atoms with Gasteiger partial charge in [-0.2, -0.15) is 10.2 Å². The highest BCUT2D eigenvalue weighted by molar-refractivity contribution is 6.01. The molecule has 0 amide bonds. The summed E-state index contributed by atoms with van der Waals surface area (Å²) < 4.78 is 0. The lowest BCUT2D eigenvalue weighted by Crippen LogP contribution is -1.98. The zero-order valence-electron chi connectivity index (χ0n) is 15.0. The van der Waals surface area contributed by atoms with Gasteiger partial charge in [-0.25, -0.2) is 0 Å². The third-order valence-corrected chi connectivity index (χ3v) is 3.74. The Kier molecular flexibility index (Phi) is 5.67. The Hall–Kier alpha value is -3.28. The summed E-state index contributed by atoms with van der Waals surface area (Å²) in [5.74, 6) is -0.770. The molecule has 0 aromatic heterocycles. The highest BCUT2D eigenvalue weighted by atomic mass is 16.1. The van der Waals surface area contributed by atoms with Crippen LogP contribution >= 0.6 is 0 Å². The average molecular weight is 350 g/mol. The fourth-order valence-corrected chi connectivity index (χ4v) is 2.27. The molecule has 0 heterocycles. The quantitative estimate of drug-likeness (QED) is 0.546. The van der Waals surface area contributed by atoms with Gasteiger partial charge in [-0.3, -0.25) is 19.2 Å². The Morgan fingerprint density at radius 3 is 0.923 bits per heavy atom. The van der Waals surface area contributed by atoms with Crippen molar-refractivity contribution in [2.45, 2.75) is 27.7 Å². The summed E-state index contributed by atoms with van der Waals surface area (Å²) in [6, 6.07) is 9.12. The van der Waals surface area contributed by atoms with E-state index in [2.05, 4.69) is 10.2 Å². The molecule has 6 heteroatoms. The van der Waals surface area contributed by atoms with E-state index < -0.39 is 0 Å². The molecule has 0 saturated carbocycles. The number of rotatable bonds is 6. The van der Waals surface area contributed by atoms with Crippen LogP contribution in [0.15, 0.2) is 46.6 Å². The number of hydrogen-bond donors (Lipinski definition) is 0. The highest BCUT2D eigenvalue weighted by Crippen LogP contribution is 2.24.